The molecule has 3 rings (SSSR count). The van der Waals surface area contributed by atoms with E-state index in [-0.39, 0.29) is 0 Å². The minimum atomic E-state index is 0.900. The quantitative estimate of drug-likeness (QED) is 0.614. The second-order valence-corrected chi connectivity index (χ2v) is 6.11. The summed E-state index contributed by atoms with van der Waals surface area (Å²) in [5.74, 6) is 0. The highest BCUT2D eigenvalue weighted by molar-refractivity contribution is 5.81. The molecule has 22 heavy (non-hydrogen) atoms. The fraction of sp³-hybridized carbons (Fsp3) is 0.238. The van der Waals surface area contributed by atoms with Crippen LogP contribution in [0.25, 0.3) is 16.5 Å². The van der Waals surface area contributed by atoms with Crippen LogP contribution in [0.3, 0.4) is 0 Å². The van der Waals surface area contributed by atoms with Crippen LogP contribution in [0.2, 0.25) is 0 Å². The number of allylic oxidation sites excluding steroid dienone is 1. The van der Waals surface area contributed by atoms with Crippen molar-refractivity contribution in [3.05, 3.63) is 77.5 Å². The van der Waals surface area contributed by atoms with E-state index < -0.39 is 0 Å². The highest BCUT2D eigenvalue weighted by Gasteiger charge is 2.07. The smallest absolute Gasteiger partial charge is 0.0480 e. The van der Waals surface area contributed by atoms with Crippen LogP contribution in [0.15, 0.2) is 55.2 Å². The van der Waals surface area contributed by atoms with Crippen molar-refractivity contribution in [2.75, 3.05) is 0 Å². The Balaban J connectivity index is 1.91. The van der Waals surface area contributed by atoms with Crippen LogP contribution in [0.5, 0.6) is 0 Å². The topological polar surface area (TPSA) is 4.93 Å². The molecule has 2 aromatic carbocycles. The van der Waals surface area contributed by atoms with E-state index in [0.717, 1.165) is 12.8 Å². The van der Waals surface area contributed by atoms with E-state index in [4.69, 9.17) is 0 Å². The third-order valence-corrected chi connectivity index (χ3v) is 4.39. The van der Waals surface area contributed by atoms with Gasteiger partial charge >= 0.3 is 0 Å². The Hall–Kier alpha value is -2.28. The van der Waals surface area contributed by atoms with E-state index in [1.54, 1.807) is 0 Å². The zero-order valence-corrected chi connectivity index (χ0v) is 13.7. The van der Waals surface area contributed by atoms with Gasteiger partial charge in [-0.1, -0.05) is 49.4 Å². The molecule has 0 aliphatic carbocycles. The lowest BCUT2D eigenvalue weighted by Crippen LogP contribution is -1.96. The van der Waals surface area contributed by atoms with E-state index in [9.17, 15) is 0 Å². The maximum absolute atomic E-state index is 4.34. The normalized spacial score (nSPS) is 11.0. The van der Waals surface area contributed by atoms with E-state index >= 15 is 0 Å². The molecule has 0 N–H and O–H groups in total. The van der Waals surface area contributed by atoms with Crippen LogP contribution in [-0.2, 0) is 19.9 Å². The van der Waals surface area contributed by atoms with Crippen molar-refractivity contribution in [2.24, 2.45) is 7.05 Å². The van der Waals surface area contributed by atoms with Gasteiger partial charge in [0.05, 0.1) is 0 Å². The number of rotatable bonds is 4. The second-order valence-electron chi connectivity index (χ2n) is 6.11. The SMILES string of the molecule is C=C(Cc1ccc2ccn(C)c2c1)c1ccc(C)cc1CC. The summed E-state index contributed by atoms with van der Waals surface area (Å²) in [6.45, 7) is 8.70. The summed E-state index contributed by atoms with van der Waals surface area (Å²) in [6.07, 6.45) is 4.06. The molecular formula is C21H23N. The average molecular weight is 289 g/mol. The van der Waals surface area contributed by atoms with Crippen molar-refractivity contribution in [3.63, 3.8) is 0 Å². The van der Waals surface area contributed by atoms with Gasteiger partial charge in [-0.25, -0.2) is 0 Å². The molecule has 1 heterocycles. The van der Waals surface area contributed by atoms with E-state index in [0.29, 0.717) is 0 Å². The minimum absolute atomic E-state index is 0.900. The Kier molecular flexibility index (Phi) is 3.89. The van der Waals surface area contributed by atoms with Crippen molar-refractivity contribution in [1.29, 1.82) is 0 Å². The molecule has 0 radical (unpaired) electrons. The van der Waals surface area contributed by atoms with Gasteiger partial charge in [-0.3, -0.25) is 0 Å². The minimum Gasteiger partial charge on any atom is -0.351 e. The van der Waals surface area contributed by atoms with Gasteiger partial charge in [0.2, 0.25) is 0 Å². The van der Waals surface area contributed by atoms with E-state index in [1.807, 2.05) is 0 Å². The Morgan fingerprint density at radius 2 is 1.91 bits per heavy atom. The molecule has 0 bridgehead atoms. The molecule has 1 heteroatoms. The number of hydrogen-bond donors (Lipinski definition) is 0. The summed E-state index contributed by atoms with van der Waals surface area (Å²) < 4.78 is 2.17. The van der Waals surface area contributed by atoms with Crippen LogP contribution >= 0.6 is 0 Å². The maximum atomic E-state index is 4.34. The molecule has 0 spiro atoms. The molecule has 0 unspecified atom stereocenters. The molecule has 0 saturated heterocycles. The predicted octanol–water partition coefficient (Wildman–Crippen LogP) is 5.31. The van der Waals surface area contributed by atoms with Gasteiger partial charge in [0.1, 0.15) is 0 Å². The molecule has 0 saturated carbocycles. The van der Waals surface area contributed by atoms with Crippen LogP contribution in [0.1, 0.15) is 29.2 Å². The molecule has 0 aliphatic heterocycles. The standard InChI is InChI=1S/C21H23N/c1-5-18-12-15(2)6-9-20(18)16(3)13-17-7-8-19-10-11-22(4)21(19)14-17/h6-12,14H,3,5,13H2,1-2,4H3. The number of fused-ring (bicyclic) bond motifs is 1. The Morgan fingerprint density at radius 1 is 1.09 bits per heavy atom. The van der Waals surface area contributed by atoms with Crippen LogP contribution in [0, 0.1) is 6.92 Å². The van der Waals surface area contributed by atoms with Gasteiger partial charge in [-0.05, 0) is 59.5 Å². The van der Waals surface area contributed by atoms with Crippen molar-refractivity contribution in [3.8, 4) is 0 Å². The molecular weight excluding hydrogens is 266 g/mol. The first-order chi connectivity index (χ1) is 10.6. The highest BCUT2D eigenvalue weighted by atomic mass is 14.9. The summed E-state index contributed by atoms with van der Waals surface area (Å²) in [6, 6.07) is 15.5. The maximum Gasteiger partial charge on any atom is 0.0480 e. The van der Waals surface area contributed by atoms with E-state index in [2.05, 4.69) is 80.7 Å². The van der Waals surface area contributed by atoms with Crippen LogP contribution in [-0.4, -0.2) is 4.57 Å². The third kappa shape index (κ3) is 2.71. The average Bonchev–Trinajstić information content (AvgIpc) is 2.88. The summed E-state index contributed by atoms with van der Waals surface area (Å²) in [5.41, 5.74) is 7.82. The molecule has 0 atom stereocenters. The van der Waals surface area contributed by atoms with E-state index in [1.165, 1.54) is 38.7 Å². The molecule has 0 amide bonds. The van der Waals surface area contributed by atoms with Gasteiger partial charge in [-0.15, -0.1) is 0 Å². The number of aryl methyl sites for hydroxylation is 3. The first kappa shape index (κ1) is 14.6. The zero-order valence-electron chi connectivity index (χ0n) is 13.7. The molecule has 3 aromatic rings. The van der Waals surface area contributed by atoms with Crippen molar-refractivity contribution < 1.29 is 0 Å². The number of hydrogen-bond acceptors (Lipinski definition) is 0. The highest BCUT2D eigenvalue weighted by Crippen LogP contribution is 2.25. The molecule has 112 valence electrons. The number of nitrogens with zero attached hydrogens (tertiary/aromatic N) is 1. The molecule has 0 fully saturated rings. The second kappa shape index (κ2) is 5.84. The first-order valence-corrected chi connectivity index (χ1v) is 7.90. The summed E-state index contributed by atoms with van der Waals surface area (Å²) in [5, 5.41) is 1.29. The van der Waals surface area contributed by atoms with Crippen molar-refractivity contribution >= 4 is 16.5 Å². The summed E-state index contributed by atoms with van der Waals surface area (Å²) >= 11 is 0. The number of aromatic nitrogens is 1. The Bertz CT molecular complexity index is 836. The number of benzene rings is 2. The van der Waals surface area contributed by atoms with Crippen molar-refractivity contribution in [2.45, 2.75) is 26.7 Å². The Morgan fingerprint density at radius 3 is 2.68 bits per heavy atom. The summed E-state index contributed by atoms with van der Waals surface area (Å²) in [4.78, 5) is 0. The van der Waals surface area contributed by atoms with Gasteiger partial charge in [-0.2, -0.15) is 0 Å². The lowest BCUT2D eigenvalue weighted by atomic mass is 9.93. The fourth-order valence-corrected chi connectivity index (χ4v) is 3.12. The predicted molar refractivity (Wildman–Crippen MR) is 96.2 cm³/mol. The third-order valence-electron chi connectivity index (χ3n) is 4.39. The Labute approximate surface area is 132 Å². The van der Waals surface area contributed by atoms with Crippen molar-refractivity contribution in [1.82, 2.24) is 4.57 Å². The van der Waals surface area contributed by atoms with Crippen LogP contribution in [0.4, 0.5) is 0 Å². The lowest BCUT2D eigenvalue weighted by molar-refractivity contribution is 0.968. The first-order valence-electron chi connectivity index (χ1n) is 7.90. The molecule has 1 nitrogen and oxygen atoms in total. The summed E-state index contributed by atoms with van der Waals surface area (Å²) in [7, 11) is 2.09. The zero-order chi connectivity index (χ0) is 15.7. The molecule has 0 aliphatic rings. The fourth-order valence-electron chi connectivity index (χ4n) is 3.12. The lowest BCUT2D eigenvalue weighted by Gasteiger charge is -2.12. The van der Waals surface area contributed by atoms with Gasteiger partial charge in [0.15, 0.2) is 0 Å². The largest absolute Gasteiger partial charge is 0.351 e. The van der Waals surface area contributed by atoms with Gasteiger partial charge < -0.3 is 4.57 Å². The van der Waals surface area contributed by atoms with Gasteiger partial charge in [0.25, 0.3) is 0 Å². The van der Waals surface area contributed by atoms with Crippen LogP contribution < -0.4 is 0 Å². The monoisotopic (exact) mass is 289 g/mol. The molecule has 1 aromatic heterocycles. The van der Waals surface area contributed by atoms with Gasteiger partial charge in [0, 0.05) is 18.8 Å².